The van der Waals surface area contributed by atoms with E-state index in [4.69, 9.17) is 0 Å². The summed E-state index contributed by atoms with van der Waals surface area (Å²) in [5.41, 5.74) is -0.00474. The molecule has 158 valence electrons. The van der Waals surface area contributed by atoms with Crippen LogP contribution in [0.5, 0.6) is 0 Å². The van der Waals surface area contributed by atoms with Crippen LogP contribution in [0.4, 0.5) is 15.8 Å². The first-order valence-corrected chi connectivity index (χ1v) is 11.5. The second-order valence-corrected chi connectivity index (χ2v) is 9.07. The van der Waals surface area contributed by atoms with E-state index in [0.29, 0.717) is 15.4 Å². The Bertz CT molecular complexity index is 1360. The van der Waals surface area contributed by atoms with Gasteiger partial charge >= 0.3 is 0 Å². The lowest BCUT2D eigenvalue weighted by molar-refractivity contribution is -0.384. The topological polar surface area (TPSA) is 107 Å². The second-order valence-electron chi connectivity index (χ2n) is 6.32. The standard InChI is InChI=1S/C19H13FN4O4S3/c1-23-18(26)16-11(14-3-2-6-29-14)8-30-17(16)22-19(23)31-9-15(25)21-13-7-10(24(27)28)4-5-12(13)20/h2-8H,9H2,1H3,(H,21,25). The van der Waals surface area contributed by atoms with Gasteiger partial charge in [-0.3, -0.25) is 24.3 Å². The summed E-state index contributed by atoms with van der Waals surface area (Å²) < 4.78 is 15.2. The van der Waals surface area contributed by atoms with Crippen LogP contribution in [0.1, 0.15) is 0 Å². The Balaban J connectivity index is 1.54. The molecule has 1 amide bonds. The van der Waals surface area contributed by atoms with Crippen molar-refractivity contribution in [2.45, 2.75) is 5.16 Å². The van der Waals surface area contributed by atoms with Crippen molar-refractivity contribution in [2.24, 2.45) is 7.05 Å². The van der Waals surface area contributed by atoms with Crippen molar-refractivity contribution < 1.29 is 14.1 Å². The van der Waals surface area contributed by atoms with Crippen molar-refractivity contribution in [1.82, 2.24) is 9.55 Å². The number of hydrogen-bond donors (Lipinski definition) is 1. The zero-order valence-corrected chi connectivity index (χ0v) is 18.3. The molecule has 0 fully saturated rings. The average Bonchev–Trinajstić information content (AvgIpc) is 3.40. The van der Waals surface area contributed by atoms with Crippen LogP contribution in [0.2, 0.25) is 0 Å². The minimum Gasteiger partial charge on any atom is -0.323 e. The molecule has 3 heterocycles. The number of thiophene rings is 2. The molecule has 1 N–H and O–H groups in total. The van der Waals surface area contributed by atoms with Gasteiger partial charge in [0.1, 0.15) is 10.6 Å². The zero-order valence-electron chi connectivity index (χ0n) is 15.8. The maximum atomic E-state index is 13.9. The Morgan fingerprint density at radius 3 is 2.87 bits per heavy atom. The molecule has 0 aliphatic rings. The zero-order chi connectivity index (χ0) is 22.1. The number of amides is 1. The number of nitro benzene ring substituents is 1. The summed E-state index contributed by atoms with van der Waals surface area (Å²) in [5, 5.41) is 17.9. The van der Waals surface area contributed by atoms with Crippen LogP contribution in [0.15, 0.2) is 51.0 Å². The Morgan fingerprint density at radius 1 is 1.35 bits per heavy atom. The van der Waals surface area contributed by atoms with Crippen molar-refractivity contribution in [1.29, 1.82) is 0 Å². The van der Waals surface area contributed by atoms with E-state index in [2.05, 4.69) is 10.3 Å². The van der Waals surface area contributed by atoms with Crippen LogP contribution in [0.25, 0.3) is 20.7 Å². The molecular weight excluding hydrogens is 463 g/mol. The van der Waals surface area contributed by atoms with E-state index in [9.17, 15) is 24.1 Å². The van der Waals surface area contributed by atoms with Gasteiger partial charge in [0.05, 0.1) is 21.7 Å². The summed E-state index contributed by atoms with van der Waals surface area (Å²) in [7, 11) is 1.57. The number of thioether (sulfide) groups is 1. The van der Waals surface area contributed by atoms with Crippen molar-refractivity contribution in [3.05, 3.63) is 67.4 Å². The van der Waals surface area contributed by atoms with Crippen LogP contribution in [-0.2, 0) is 11.8 Å². The number of anilines is 1. The fourth-order valence-electron chi connectivity index (χ4n) is 2.83. The normalized spacial score (nSPS) is 11.0. The lowest BCUT2D eigenvalue weighted by Crippen LogP contribution is -2.21. The van der Waals surface area contributed by atoms with Crippen molar-refractivity contribution in [3.8, 4) is 10.4 Å². The van der Waals surface area contributed by atoms with Crippen LogP contribution in [0, 0.1) is 15.9 Å². The van der Waals surface area contributed by atoms with Gasteiger partial charge in [0.25, 0.3) is 11.2 Å². The highest BCUT2D eigenvalue weighted by Gasteiger charge is 2.18. The third-order valence-electron chi connectivity index (χ3n) is 4.33. The van der Waals surface area contributed by atoms with Gasteiger partial charge in [-0.15, -0.1) is 22.7 Å². The minimum absolute atomic E-state index is 0.156. The van der Waals surface area contributed by atoms with Gasteiger partial charge in [0.2, 0.25) is 5.91 Å². The smallest absolute Gasteiger partial charge is 0.271 e. The predicted molar refractivity (Wildman–Crippen MR) is 121 cm³/mol. The van der Waals surface area contributed by atoms with Crippen LogP contribution < -0.4 is 10.9 Å². The quantitative estimate of drug-likeness (QED) is 0.190. The molecule has 0 saturated carbocycles. The predicted octanol–water partition coefficient (Wildman–Crippen LogP) is 4.50. The average molecular weight is 477 g/mol. The van der Waals surface area contributed by atoms with Crippen LogP contribution in [-0.4, -0.2) is 26.1 Å². The first-order valence-electron chi connectivity index (χ1n) is 8.74. The summed E-state index contributed by atoms with van der Waals surface area (Å²) >= 11 is 3.90. The number of nitro groups is 1. The highest BCUT2D eigenvalue weighted by molar-refractivity contribution is 7.99. The number of aromatic nitrogens is 2. The number of halogens is 1. The first kappa shape index (κ1) is 21.2. The summed E-state index contributed by atoms with van der Waals surface area (Å²) in [4.78, 5) is 41.4. The highest BCUT2D eigenvalue weighted by Crippen LogP contribution is 2.34. The number of carbonyl (C=O) groups is 1. The number of benzene rings is 1. The minimum atomic E-state index is -0.782. The van der Waals surface area contributed by atoms with Gasteiger partial charge in [-0.05, 0) is 17.5 Å². The molecule has 4 aromatic rings. The number of rotatable bonds is 6. The maximum absolute atomic E-state index is 13.9. The van der Waals surface area contributed by atoms with Gasteiger partial charge in [-0.2, -0.15) is 0 Å². The number of non-ortho nitro benzene ring substituents is 1. The number of carbonyl (C=O) groups excluding carboxylic acids is 1. The van der Waals surface area contributed by atoms with Gasteiger partial charge in [-0.25, -0.2) is 9.37 Å². The summed E-state index contributed by atoms with van der Waals surface area (Å²) in [6.45, 7) is 0. The van der Waals surface area contributed by atoms with Crippen molar-refractivity contribution >= 4 is 61.9 Å². The molecule has 8 nitrogen and oxygen atoms in total. The molecule has 0 aliphatic heterocycles. The van der Waals surface area contributed by atoms with E-state index in [1.165, 1.54) is 27.2 Å². The maximum Gasteiger partial charge on any atom is 0.271 e. The Labute approximate surface area is 186 Å². The van der Waals surface area contributed by atoms with Gasteiger partial charge in [0, 0.05) is 35.0 Å². The lowest BCUT2D eigenvalue weighted by atomic mass is 10.2. The monoisotopic (exact) mass is 476 g/mol. The summed E-state index contributed by atoms with van der Waals surface area (Å²) in [6.07, 6.45) is 0. The van der Waals surface area contributed by atoms with E-state index in [1.807, 2.05) is 22.9 Å². The van der Waals surface area contributed by atoms with Crippen molar-refractivity contribution in [2.75, 3.05) is 11.1 Å². The molecule has 0 saturated heterocycles. The summed E-state index contributed by atoms with van der Waals surface area (Å²) in [5.74, 6) is -1.52. The molecule has 12 heteroatoms. The molecule has 0 radical (unpaired) electrons. The molecule has 0 aliphatic carbocycles. The van der Waals surface area contributed by atoms with Crippen LogP contribution >= 0.6 is 34.4 Å². The van der Waals surface area contributed by atoms with E-state index >= 15 is 0 Å². The van der Waals surface area contributed by atoms with Crippen LogP contribution in [0.3, 0.4) is 0 Å². The Hall–Kier alpha value is -3.09. The molecule has 1 aromatic carbocycles. The molecule has 4 rings (SSSR count). The Morgan fingerprint density at radius 2 is 2.16 bits per heavy atom. The third-order valence-corrected chi connectivity index (χ3v) is 7.13. The van der Waals surface area contributed by atoms with Gasteiger partial charge in [0.15, 0.2) is 5.16 Å². The highest BCUT2D eigenvalue weighted by atomic mass is 32.2. The Kier molecular flexibility index (Phi) is 5.85. The molecule has 3 aromatic heterocycles. The SMILES string of the molecule is Cn1c(SCC(=O)Nc2cc([N+](=O)[O-])ccc2F)nc2scc(-c3cccs3)c2c1=O. The molecular formula is C19H13FN4O4S3. The largest absolute Gasteiger partial charge is 0.323 e. The first-order chi connectivity index (χ1) is 14.8. The van der Waals surface area contributed by atoms with E-state index < -0.39 is 16.6 Å². The number of hydrogen-bond acceptors (Lipinski definition) is 8. The van der Waals surface area contributed by atoms with E-state index in [0.717, 1.165) is 40.4 Å². The molecule has 31 heavy (non-hydrogen) atoms. The second kappa shape index (κ2) is 8.57. The number of nitrogens with zero attached hydrogens (tertiary/aromatic N) is 3. The van der Waals surface area contributed by atoms with Gasteiger partial charge in [-0.1, -0.05) is 17.8 Å². The molecule has 0 unspecified atom stereocenters. The molecule has 0 bridgehead atoms. The molecule has 0 atom stereocenters. The third kappa shape index (κ3) is 4.22. The van der Waals surface area contributed by atoms with Gasteiger partial charge < -0.3 is 5.32 Å². The fraction of sp³-hybridized carbons (Fsp3) is 0.105. The van der Waals surface area contributed by atoms with E-state index in [1.54, 1.807) is 7.05 Å². The van der Waals surface area contributed by atoms with Crippen molar-refractivity contribution in [3.63, 3.8) is 0 Å². The number of fused-ring (bicyclic) bond motifs is 1. The number of nitrogens with one attached hydrogen (secondary N) is 1. The molecule has 0 spiro atoms. The summed E-state index contributed by atoms with van der Waals surface area (Å²) in [6, 6.07) is 6.73. The van der Waals surface area contributed by atoms with E-state index in [-0.39, 0.29) is 22.7 Å². The fourth-order valence-corrected chi connectivity index (χ4v) is 5.41. The lowest BCUT2D eigenvalue weighted by Gasteiger charge is -2.09.